The predicted octanol–water partition coefficient (Wildman–Crippen LogP) is 3.53. The van der Waals surface area contributed by atoms with E-state index in [-0.39, 0.29) is 5.56 Å². The standard InChI is InChI=1S/C19H16N2O3/c1-2-23-15-10-6-9-13-11-14-18(22)20-17(12-7-4-3-5-8-12)21-19(14)24-16(13)15/h3-10H,2,11H2,1H3,(H,20,21,22). The van der Waals surface area contributed by atoms with E-state index in [1.54, 1.807) is 0 Å². The molecule has 3 aromatic rings. The first-order chi connectivity index (χ1) is 11.8. The summed E-state index contributed by atoms with van der Waals surface area (Å²) in [5, 5.41) is 0. The molecule has 4 rings (SSSR count). The van der Waals surface area contributed by atoms with E-state index in [2.05, 4.69) is 9.97 Å². The molecule has 24 heavy (non-hydrogen) atoms. The summed E-state index contributed by atoms with van der Waals surface area (Å²) in [7, 11) is 0. The number of hydrogen-bond donors (Lipinski definition) is 1. The summed E-state index contributed by atoms with van der Waals surface area (Å²) in [5.41, 5.74) is 2.13. The van der Waals surface area contributed by atoms with Crippen molar-refractivity contribution >= 4 is 0 Å². The molecule has 0 bridgehead atoms. The van der Waals surface area contributed by atoms with E-state index in [0.29, 0.717) is 41.8 Å². The fourth-order valence-electron chi connectivity index (χ4n) is 2.82. The van der Waals surface area contributed by atoms with Crippen LogP contribution in [0.2, 0.25) is 0 Å². The predicted molar refractivity (Wildman–Crippen MR) is 90.8 cm³/mol. The molecule has 5 nitrogen and oxygen atoms in total. The first kappa shape index (κ1) is 14.5. The zero-order valence-electron chi connectivity index (χ0n) is 13.2. The van der Waals surface area contributed by atoms with Gasteiger partial charge in [0.05, 0.1) is 12.2 Å². The Morgan fingerprint density at radius 2 is 2.00 bits per heavy atom. The van der Waals surface area contributed by atoms with E-state index in [4.69, 9.17) is 9.47 Å². The van der Waals surface area contributed by atoms with Gasteiger partial charge in [-0.05, 0) is 13.0 Å². The molecule has 0 atom stereocenters. The van der Waals surface area contributed by atoms with Crippen LogP contribution in [0.1, 0.15) is 18.1 Å². The lowest BCUT2D eigenvalue weighted by Crippen LogP contribution is -2.20. The highest BCUT2D eigenvalue weighted by molar-refractivity contribution is 5.58. The first-order valence-corrected chi connectivity index (χ1v) is 7.87. The van der Waals surface area contributed by atoms with E-state index in [9.17, 15) is 4.79 Å². The molecule has 1 aliphatic heterocycles. The Balaban J connectivity index is 1.81. The van der Waals surface area contributed by atoms with Gasteiger partial charge in [0.1, 0.15) is 5.82 Å². The summed E-state index contributed by atoms with van der Waals surface area (Å²) in [6, 6.07) is 15.2. The molecule has 0 aliphatic carbocycles. The highest BCUT2D eigenvalue weighted by Crippen LogP contribution is 2.40. The SMILES string of the molecule is CCOc1cccc2c1Oc1nc(-c3ccccc3)[nH]c(=O)c1C2. The molecule has 1 N–H and O–H groups in total. The topological polar surface area (TPSA) is 64.2 Å². The largest absolute Gasteiger partial charge is 0.490 e. The van der Waals surface area contributed by atoms with Gasteiger partial charge in [-0.3, -0.25) is 4.79 Å². The average molecular weight is 320 g/mol. The molecule has 2 heterocycles. The number of benzene rings is 2. The van der Waals surface area contributed by atoms with E-state index in [1.807, 2.05) is 55.5 Å². The van der Waals surface area contributed by atoms with E-state index in [0.717, 1.165) is 11.1 Å². The molecule has 0 amide bonds. The lowest BCUT2D eigenvalue weighted by Gasteiger charge is -2.21. The van der Waals surface area contributed by atoms with Crippen LogP contribution >= 0.6 is 0 Å². The van der Waals surface area contributed by atoms with Crippen molar-refractivity contribution < 1.29 is 9.47 Å². The molecule has 2 aromatic carbocycles. The van der Waals surface area contributed by atoms with Crippen LogP contribution in [0, 0.1) is 0 Å². The normalized spacial score (nSPS) is 12.0. The van der Waals surface area contributed by atoms with Gasteiger partial charge in [0, 0.05) is 17.5 Å². The number of nitrogens with zero attached hydrogens (tertiary/aromatic N) is 1. The molecule has 0 spiro atoms. The van der Waals surface area contributed by atoms with Gasteiger partial charge in [-0.25, -0.2) is 0 Å². The van der Waals surface area contributed by atoms with E-state index < -0.39 is 0 Å². The Morgan fingerprint density at radius 1 is 1.17 bits per heavy atom. The van der Waals surface area contributed by atoms with Crippen molar-refractivity contribution in [3.05, 3.63) is 70.0 Å². The van der Waals surface area contributed by atoms with Crippen molar-refractivity contribution in [3.63, 3.8) is 0 Å². The van der Waals surface area contributed by atoms with Gasteiger partial charge in [-0.15, -0.1) is 0 Å². The van der Waals surface area contributed by atoms with Crippen molar-refractivity contribution in [2.45, 2.75) is 13.3 Å². The lowest BCUT2D eigenvalue weighted by molar-refractivity contribution is 0.315. The van der Waals surface area contributed by atoms with Crippen LogP contribution in [0.3, 0.4) is 0 Å². The number of nitrogens with one attached hydrogen (secondary N) is 1. The summed E-state index contributed by atoms with van der Waals surface area (Å²) in [6.45, 7) is 2.47. The van der Waals surface area contributed by atoms with Gasteiger partial charge in [0.2, 0.25) is 5.88 Å². The first-order valence-electron chi connectivity index (χ1n) is 7.87. The van der Waals surface area contributed by atoms with Gasteiger partial charge in [0.15, 0.2) is 11.5 Å². The Kier molecular flexibility index (Phi) is 3.54. The number of para-hydroxylation sites is 1. The fraction of sp³-hybridized carbons (Fsp3) is 0.158. The van der Waals surface area contributed by atoms with Crippen molar-refractivity contribution in [1.29, 1.82) is 0 Å². The molecule has 0 fully saturated rings. The lowest BCUT2D eigenvalue weighted by atomic mass is 10.0. The second-order valence-corrected chi connectivity index (χ2v) is 5.52. The Bertz CT molecular complexity index is 949. The third-order valence-electron chi connectivity index (χ3n) is 3.95. The molecule has 5 heteroatoms. The molecule has 1 aromatic heterocycles. The van der Waals surface area contributed by atoms with E-state index >= 15 is 0 Å². The van der Waals surface area contributed by atoms with Crippen LogP contribution in [0.4, 0.5) is 0 Å². The number of hydrogen-bond acceptors (Lipinski definition) is 4. The monoisotopic (exact) mass is 320 g/mol. The minimum Gasteiger partial charge on any atom is -0.490 e. The number of fused-ring (bicyclic) bond motifs is 2. The molecular weight excluding hydrogens is 304 g/mol. The summed E-state index contributed by atoms with van der Waals surface area (Å²) in [6.07, 6.45) is 0.475. The maximum Gasteiger partial charge on any atom is 0.258 e. The molecule has 120 valence electrons. The van der Waals surface area contributed by atoms with Crippen LogP contribution in [0.15, 0.2) is 53.3 Å². The van der Waals surface area contributed by atoms with Crippen LogP contribution in [0.5, 0.6) is 17.4 Å². The minimum absolute atomic E-state index is 0.175. The smallest absolute Gasteiger partial charge is 0.258 e. The van der Waals surface area contributed by atoms with Gasteiger partial charge < -0.3 is 14.5 Å². The van der Waals surface area contributed by atoms with Crippen LogP contribution in [-0.2, 0) is 6.42 Å². The zero-order chi connectivity index (χ0) is 16.5. The summed E-state index contributed by atoms with van der Waals surface area (Å²) >= 11 is 0. The second kappa shape index (κ2) is 5.85. The van der Waals surface area contributed by atoms with Crippen LogP contribution in [0.25, 0.3) is 11.4 Å². The Hall–Kier alpha value is -3.08. The van der Waals surface area contributed by atoms with Crippen molar-refractivity contribution in [2.75, 3.05) is 6.61 Å². The van der Waals surface area contributed by atoms with Crippen molar-refractivity contribution in [2.24, 2.45) is 0 Å². The van der Waals surface area contributed by atoms with Crippen molar-refractivity contribution in [3.8, 4) is 28.8 Å². The number of aromatic nitrogens is 2. The highest BCUT2D eigenvalue weighted by Gasteiger charge is 2.25. The average Bonchev–Trinajstić information content (AvgIpc) is 2.62. The Labute approximate surface area is 138 Å². The van der Waals surface area contributed by atoms with Gasteiger partial charge in [0.25, 0.3) is 5.56 Å². The highest BCUT2D eigenvalue weighted by atomic mass is 16.5. The maximum atomic E-state index is 12.5. The van der Waals surface area contributed by atoms with Gasteiger partial charge >= 0.3 is 0 Å². The molecular formula is C19H16N2O3. The number of ether oxygens (including phenoxy) is 2. The quantitative estimate of drug-likeness (QED) is 0.627. The minimum atomic E-state index is -0.175. The molecule has 0 saturated carbocycles. The van der Waals surface area contributed by atoms with Gasteiger partial charge in [-0.2, -0.15) is 4.98 Å². The van der Waals surface area contributed by atoms with Crippen LogP contribution in [-0.4, -0.2) is 16.6 Å². The van der Waals surface area contributed by atoms with Crippen LogP contribution < -0.4 is 15.0 Å². The third kappa shape index (κ3) is 2.44. The summed E-state index contributed by atoms with van der Waals surface area (Å²) < 4.78 is 11.6. The number of rotatable bonds is 3. The fourth-order valence-corrected chi connectivity index (χ4v) is 2.82. The molecule has 0 saturated heterocycles. The number of aromatic amines is 1. The van der Waals surface area contributed by atoms with Gasteiger partial charge in [-0.1, -0.05) is 42.5 Å². The third-order valence-corrected chi connectivity index (χ3v) is 3.95. The zero-order valence-corrected chi connectivity index (χ0v) is 13.2. The number of H-pyrrole nitrogens is 1. The maximum absolute atomic E-state index is 12.5. The Morgan fingerprint density at radius 3 is 2.79 bits per heavy atom. The second-order valence-electron chi connectivity index (χ2n) is 5.52. The molecule has 0 unspecified atom stereocenters. The van der Waals surface area contributed by atoms with E-state index in [1.165, 1.54) is 0 Å². The summed E-state index contributed by atoms with van der Waals surface area (Å²) in [4.78, 5) is 19.8. The summed E-state index contributed by atoms with van der Waals surface area (Å²) in [5.74, 6) is 2.15. The molecule has 0 radical (unpaired) electrons. The van der Waals surface area contributed by atoms with Crippen molar-refractivity contribution in [1.82, 2.24) is 9.97 Å². The molecule has 1 aliphatic rings.